The molecule has 1 fully saturated rings. The van der Waals surface area contributed by atoms with E-state index >= 15 is 0 Å². The number of amides is 2. The topological polar surface area (TPSA) is 65.4 Å². The molecule has 19 heavy (non-hydrogen) atoms. The van der Waals surface area contributed by atoms with E-state index in [2.05, 4.69) is 19.2 Å². The lowest BCUT2D eigenvalue weighted by atomic mass is 9.97. The quantitative estimate of drug-likeness (QED) is 0.847. The Hall–Kier alpha value is -2.22. The van der Waals surface area contributed by atoms with Crippen LogP contribution in [0, 0.1) is 11.5 Å². The van der Waals surface area contributed by atoms with Crippen LogP contribution in [0.3, 0.4) is 0 Å². The number of rotatable bonds is 3. The summed E-state index contributed by atoms with van der Waals surface area (Å²) in [6, 6.07) is 5.39. The fourth-order valence-corrected chi connectivity index (χ4v) is 2.23. The average Bonchev–Trinajstić information content (AvgIpc) is 2.79. The van der Waals surface area contributed by atoms with Crippen LogP contribution in [0.25, 0.3) is 0 Å². The second-order valence-corrected chi connectivity index (χ2v) is 4.87. The van der Waals surface area contributed by atoms with Gasteiger partial charge in [-0.2, -0.15) is 5.26 Å². The third kappa shape index (κ3) is 2.48. The van der Waals surface area contributed by atoms with Gasteiger partial charge in [0.05, 0.1) is 19.7 Å². The monoisotopic (exact) mass is 259 g/mol. The zero-order valence-corrected chi connectivity index (χ0v) is 11.3. The number of nitriles is 1. The number of urea groups is 1. The molecule has 1 N–H and O–H groups in total. The predicted molar refractivity (Wildman–Crippen MR) is 70.7 cm³/mol. The molecule has 1 atom stereocenters. The fourth-order valence-electron chi connectivity index (χ4n) is 2.23. The smallest absolute Gasteiger partial charge is 0.331 e. The van der Waals surface area contributed by atoms with E-state index in [0.29, 0.717) is 12.5 Å². The minimum absolute atomic E-state index is 0.143. The van der Waals surface area contributed by atoms with E-state index in [1.807, 2.05) is 24.4 Å². The van der Waals surface area contributed by atoms with Gasteiger partial charge in [-0.15, -0.1) is 0 Å². The first kappa shape index (κ1) is 13.2. The molecule has 1 heterocycles. The van der Waals surface area contributed by atoms with Crippen LogP contribution in [0.1, 0.15) is 36.9 Å². The van der Waals surface area contributed by atoms with Gasteiger partial charge in [0, 0.05) is 0 Å². The number of hydrogen-bond acceptors (Lipinski definition) is 3. The summed E-state index contributed by atoms with van der Waals surface area (Å²) in [7, 11) is 1.65. The first-order chi connectivity index (χ1) is 9.06. The minimum atomic E-state index is -0.339. The van der Waals surface area contributed by atoms with Crippen molar-refractivity contribution in [1.82, 2.24) is 10.2 Å². The van der Waals surface area contributed by atoms with E-state index in [4.69, 9.17) is 10.00 Å². The van der Waals surface area contributed by atoms with Crippen molar-refractivity contribution in [3.05, 3.63) is 29.3 Å². The summed E-state index contributed by atoms with van der Waals surface area (Å²) in [5.74, 6) is 1.18. The molecule has 2 amide bonds. The Morgan fingerprint density at radius 1 is 1.53 bits per heavy atom. The van der Waals surface area contributed by atoms with E-state index in [-0.39, 0.29) is 12.1 Å². The number of methoxy groups -OCH3 is 1. The van der Waals surface area contributed by atoms with Crippen molar-refractivity contribution in [2.75, 3.05) is 13.7 Å². The molecule has 0 radical (unpaired) electrons. The molecule has 100 valence electrons. The van der Waals surface area contributed by atoms with Crippen molar-refractivity contribution in [2.45, 2.75) is 25.8 Å². The van der Waals surface area contributed by atoms with Crippen molar-refractivity contribution in [3.8, 4) is 11.9 Å². The Bertz CT molecular complexity index is 534. The maximum atomic E-state index is 11.5. The number of nitrogens with one attached hydrogen (secondary N) is 1. The summed E-state index contributed by atoms with van der Waals surface area (Å²) in [6.07, 6.45) is 1.87. The number of carbonyl (C=O) groups is 1. The molecule has 1 aromatic rings. The molecule has 0 aliphatic carbocycles. The molecule has 0 spiro atoms. The van der Waals surface area contributed by atoms with Crippen LogP contribution in [0.5, 0.6) is 5.75 Å². The molecule has 5 heteroatoms. The molecular weight excluding hydrogens is 242 g/mol. The summed E-state index contributed by atoms with van der Waals surface area (Å²) in [5.41, 5.74) is 2.10. The molecule has 1 unspecified atom stereocenters. The summed E-state index contributed by atoms with van der Waals surface area (Å²) >= 11 is 0. The van der Waals surface area contributed by atoms with E-state index in [9.17, 15) is 4.79 Å². The fraction of sp³-hybridized carbons (Fsp3) is 0.429. The van der Waals surface area contributed by atoms with E-state index in [1.165, 1.54) is 0 Å². The van der Waals surface area contributed by atoms with Gasteiger partial charge < -0.3 is 10.1 Å². The number of nitrogens with zero attached hydrogens (tertiary/aromatic N) is 2. The third-order valence-electron chi connectivity index (χ3n) is 3.31. The number of hydrogen-bond donors (Lipinski definition) is 1. The molecule has 1 aromatic carbocycles. The zero-order valence-electron chi connectivity index (χ0n) is 11.3. The molecule has 0 aromatic heterocycles. The van der Waals surface area contributed by atoms with Crippen molar-refractivity contribution in [1.29, 1.82) is 5.26 Å². The number of carbonyl (C=O) groups excluding carboxylic acids is 1. The van der Waals surface area contributed by atoms with Gasteiger partial charge in [0.2, 0.25) is 0 Å². The Morgan fingerprint density at radius 2 is 2.26 bits per heavy atom. The van der Waals surface area contributed by atoms with Gasteiger partial charge in [-0.05, 0) is 29.2 Å². The number of benzene rings is 1. The van der Waals surface area contributed by atoms with Crippen LogP contribution in [0.4, 0.5) is 4.79 Å². The average molecular weight is 259 g/mol. The summed E-state index contributed by atoms with van der Waals surface area (Å²) < 4.78 is 5.34. The second kappa shape index (κ2) is 5.19. The molecule has 1 aliphatic heterocycles. The Kier molecular flexibility index (Phi) is 3.61. The van der Waals surface area contributed by atoms with Gasteiger partial charge in [-0.1, -0.05) is 19.9 Å². The predicted octanol–water partition coefficient (Wildman–Crippen LogP) is 2.37. The van der Waals surface area contributed by atoms with Gasteiger partial charge in [0.1, 0.15) is 5.75 Å². The maximum Gasteiger partial charge on any atom is 0.331 e. The summed E-state index contributed by atoms with van der Waals surface area (Å²) in [4.78, 5) is 12.6. The first-order valence-electron chi connectivity index (χ1n) is 6.22. The molecule has 2 rings (SSSR count). The first-order valence-corrected chi connectivity index (χ1v) is 6.22. The summed E-state index contributed by atoms with van der Waals surface area (Å²) in [5, 5.41) is 11.6. The number of ether oxygens (including phenoxy) is 1. The van der Waals surface area contributed by atoms with E-state index in [1.54, 1.807) is 7.11 Å². The highest BCUT2D eigenvalue weighted by atomic mass is 16.5. The lowest BCUT2D eigenvalue weighted by molar-refractivity contribution is 0.232. The molecule has 0 saturated carbocycles. The van der Waals surface area contributed by atoms with Gasteiger partial charge >= 0.3 is 6.03 Å². The van der Waals surface area contributed by atoms with Gasteiger partial charge in [0.15, 0.2) is 6.19 Å². The van der Waals surface area contributed by atoms with Crippen LogP contribution >= 0.6 is 0 Å². The Morgan fingerprint density at radius 3 is 2.79 bits per heavy atom. The molecule has 1 saturated heterocycles. The van der Waals surface area contributed by atoms with Crippen LogP contribution in [-0.2, 0) is 0 Å². The highest BCUT2D eigenvalue weighted by Gasteiger charge is 2.30. The van der Waals surface area contributed by atoms with Crippen LogP contribution < -0.4 is 10.1 Å². The zero-order chi connectivity index (χ0) is 14.0. The van der Waals surface area contributed by atoms with Crippen LogP contribution in [0.15, 0.2) is 18.2 Å². The molecule has 0 bridgehead atoms. The lowest BCUT2D eigenvalue weighted by Gasteiger charge is -2.16. The van der Waals surface area contributed by atoms with Crippen molar-refractivity contribution in [2.24, 2.45) is 0 Å². The lowest BCUT2D eigenvalue weighted by Crippen LogP contribution is -2.23. The standard InChI is InChI=1S/C14H17N3O2/c1-9(2)11-6-10(4-5-13(11)19-3)12-7-17(8-15)14(18)16-12/h4-6,9,12H,7H2,1-3H3,(H,16,18). The van der Waals surface area contributed by atoms with Crippen molar-refractivity contribution >= 4 is 6.03 Å². The molecular formula is C14H17N3O2. The second-order valence-electron chi connectivity index (χ2n) is 4.87. The minimum Gasteiger partial charge on any atom is -0.496 e. The normalized spacial score (nSPS) is 18.4. The van der Waals surface area contributed by atoms with Gasteiger partial charge in [0.25, 0.3) is 0 Å². The SMILES string of the molecule is COc1ccc(C2CN(C#N)C(=O)N2)cc1C(C)C. The maximum absolute atomic E-state index is 11.5. The molecule has 5 nitrogen and oxygen atoms in total. The van der Waals surface area contributed by atoms with E-state index < -0.39 is 0 Å². The van der Waals surface area contributed by atoms with Crippen LogP contribution in [-0.4, -0.2) is 24.6 Å². The Balaban J connectivity index is 2.30. The highest BCUT2D eigenvalue weighted by Crippen LogP contribution is 2.30. The van der Waals surface area contributed by atoms with Crippen molar-refractivity contribution < 1.29 is 9.53 Å². The highest BCUT2D eigenvalue weighted by molar-refractivity contribution is 5.78. The van der Waals surface area contributed by atoms with E-state index in [0.717, 1.165) is 21.8 Å². The van der Waals surface area contributed by atoms with Crippen LogP contribution in [0.2, 0.25) is 0 Å². The summed E-state index contributed by atoms with van der Waals surface area (Å²) in [6.45, 7) is 4.56. The Labute approximate surface area is 112 Å². The van der Waals surface area contributed by atoms with Gasteiger partial charge in [-0.3, -0.25) is 0 Å². The third-order valence-corrected chi connectivity index (χ3v) is 3.31. The molecule has 1 aliphatic rings. The van der Waals surface area contributed by atoms with Crippen molar-refractivity contribution in [3.63, 3.8) is 0 Å². The largest absolute Gasteiger partial charge is 0.496 e. The van der Waals surface area contributed by atoms with Gasteiger partial charge in [-0.25, -0.2) is 9.69 Å².